The molecule has 0 radical (unpaired) electrons. The van der Waals surface area contributed by atoms with E-state index in [0.29, 0.717) is 42.5 Å². The smallest absolute Gasteiger partial charge is 0.254 e. The Labute approximate surface area is 215 Å². The molecule has 1 heterocycles. The number of methoxy groups -OCH3 is 1. The van der Waals surface area contributed by atoms with Gasteiger partial charge in [-0.15, -0.1) is 0 Å². The normalized spacial score (nSPS) is 10.9. The van der Waals surface area contributed by atoms with E-state index in [1.807, 2.05) is 38.1 Å². The van der Waals surface area contributed by atoms with Gasteiger partial charge in [-0.05, 0) is 79.6 Å². The highest BCUT2D eigenvalue weighted by Crippen LogP contribution is 2.33. The Balaban J connectivity index is 1.79. The second kappa shape index (κ2) is 11.8. The van der Waals surface area contributed by atoms with E-state index in [2.05, 4.69) is 0 Å². The van der Waals surface area contributed by atoms with E-state index in [1.165, 1.54) is 36.4 Å². The largest absolute Gasteiger partial charge is 0.439 e. The zero-order valence-electron chi connectivity index (χ0n) is 21.1. The minimum absolute atomic E-state index is 0.186. The van der Waals surface area contributed by atoms with Crippen LogP contribution in [-0.4, -0.2) is 40.8 Å². The number of aromatic nitrogens is 2. The first-order chi connectivity index (χ1) is 17.9. The SMILES string of the molecule is CCc1nn(-c2ccc(F)cc2)c(Oc2cccc(C)c2)c1CN(CCOC)C(=O)c1ccc(F)cc1. The zero-order valence-corrected chi connectivity index (χ0v) is 21.1. The molecule has 192 valence electrons. The fourth-order valence-electron chi connectivity index (χ4n) is 3.99. The van der Waals surface area contributed by atoms with Crippen molar-refractivity contribution in [2.45, 2.75) is 26.8 Å². The minimum atomic E-state index is -0.414. The lowest BCUT2D eigenvalue weighted by Gasteiger charge is -2.23. The molecule has 1 amide bonds. The van der Waals surface area contributed by atoms with Crippen molar-refractivity contribution in [2.24, 2.45) is 0 Å². The summed E-state index contributed by atoms with van der Waals surface area (Å²) in [6.45, 7) is 4.75. The van der Waals surface area contributed by atoms with Crippen LogP contribution >= 0.6 is 0 Å². The standard InChI is InChI=1S/C29H29F2N3O3/c1-4-27-26(19-33(16-17-36-3)28(35)21-8-10-22(30)11-9-21)29(37-25-7-5-6-20(2)18-25)34(32-27)24-14-12-23(31)13-15-24/h5-15,18H,4,16-17,19H2,1-3H3. The van der Waals surface area contributed by atoms with Gasteiger partial charge in [0.1, 0.15) is 17.4 Å². The lowest BCUT2D eigenvalue weighted by molar-refractivity contribution is 0.0679. The molecule has 3 aromatic carbocycles. The van der Waals surface area contributed by atoms with E-state index in [4.69, 9.17) is 14.6 Å². The maximum Gasteiger partial charge on any atom is 0.254 e. The Bertz CT molecular complexity index is 1350. The maximum atomic E-state index is 13.7. The van der Waals surface area contributed by atoms with Crippen LogP contribution in [0, 0.1) is 18.6 Å². The molecule has 0 spiro atoms. The molecule has 8 heteroatoms. The quantitative estimate of drug-likeness (QED) is 0.261. The van der Waals surface area contributed by atoms with Crippen LogP contribution in [-0.2, 0) is 17.7 Å². The van der Waals surface area contributed by atoms with E-state index >= 15 is 0 Å². The van der Waals surface area contributed by atoms with Crippen LogP contribution in [0.15, 0.2) is 72.8 Å². The first kappa shape index (κ1) is 26.0. The highest BCUT2D eigenvalue weighted by molar-refractivity contribution is 5.94. The van der Waals surface area contributed by atoms with Crippen LogP contribution in [0.25, 0.3) is 5.69 Å². The molecule has 6 nitrogen and oxygen atoms in total. The predicted octanol–water partition coefficient (Wildman–Crippen LogP) is 6.10. The number of amides is 1. The van der Waals surface area contributed by atoms with Gasteiger partial charge in [-0.1, -0.05) is 19.1 Å². The molecule has 4 aromatic rings. The Hall–Kier alpha value is -4.04. The van der Waals surface area contributed by atoms with Gasteiger partial charge < -0.3 is 14.4 Å². The Morgan fingerprint density at radius 3 is 2.30 bits per heavy atom. The van der Waals surface area contributed by atoms with Crippen LogP contribution in [0.3, 0.4) is 0 Å². The summed E-state index contributed by atoms with van der Waals surface area (Å²) in [6.07, 6.45) is 0.580. The fourth-order valence-corrected chi connectivity index (χ4v) is 3.99. The number of carbonyl (C=O) groups excluding carboxylic acids is 1. The third kappa shape index (κ3) is 6.21. The molecule has 1 aromatic heterocycles. The van der Waals surface area contributed by atoms with Crippen molar-refractivity contribution in [1.82, 2.24) is 14.7 Å². The lowest BCUT2D eigenvalue weighted by Crippen LogP contribution is -2.33. The van der Waals surface area contributed by atoms with Gasteiger partial charge in [-0.2, -0.15) is 5.10 Å². The fraction of sp³-hybridized carbons (Fsp3) is 0.241. The Morgan fingerprint density at radius 2 is 1.68 bits per heavy atom. The first-order valence-corrected chi connectivity index (χ1v) is 12.0. The number of nitrogens with zero attached hydrogens (tertiary/aromatic N) is 3. The summed E-state index contributed by atoms with van der Waals surface area (Å²) in [4.78, 5) is 15.1. The molecule has 37 heavy (non-hydrogen) atoms. The molecule has 0 aliphatic heterocycles. The van der Waals surface area contributed by atoms with E-state index in [9.17, 15) is 13.6 Å². The van der Waals surface area contributed by atoms with Crippen LogP contribution in [0.2, 0.25) is 0 Å². The number of rotatable bonds is 10. The molecule has 0 unspecified atom stereocenters. The van der Waals surface area contributed by atoms with Crippen molar-refractivity contribution in [3.8, 4) is 17.3 Å². The molecule has 0 fully saturated rings. The van der Waals surface area contributed by atoms with Gasteiger partial charge in [0.2, 0.25) is 5.88 Å². The summed E-state index contributed by atoms with van der Waals surface area (Å²) in [5, 5.41) is 4.77. The second-order valence-corrected chi connectivity index (χ2v) is 8.62. The third-order valence-electron chi connectivity index (χ3n) is 5.92. The van der Waals surface area contributed by atoms with Crippen molar-refractivity contribution < 1.29 is 23.0 Å². The average molecular weight is 506 g/mol. The summed E-state index contributed by atoms with van der Waals surface area (Å²) in [5.41, 5.74) is 3.47. The number of aryl methyl sites for hydroxylation is 2. The molecule has 0 saturated carbocycles. The van der Waals surface area contributed by atoms with E-state index in [1.54, 1.807) is 28.8 Å². The molecular formula is C29H29F2N3O3. The Morgan fingerprint density at radius 1 is 1.00 bits per heavy atom. The van der Waals surface area contributed by atoms with Crippen molar-refractivity contribution >= 4 is 5.91 Å². The predicted molar refractivity (Wildman–Crippen MR) is 137 cm³/mol. The van der Waals surface area contributed by atoms with Gasteiger partial charge in [0.15, 0.2) is 0 Å². The minimum Gasteiger partial charge on any atom is -0.439 e. The number of hydrogen-bond acceptors (Lipinski definition) is 4. The van der Waals surface area contributed by atoms with Crippen LogP contribution < -0.4 is 4.74 Å². The summed E-state index contributed by atoms with van der Waals surface area (Å²) in [6, 6.07) is 19.0. The van der Waals surface area contributed by atoms with Crippen LogP contribution in [0.1, 0.15) is 34.1 Å². The van der Waals surface area contributed by atoms with E-state index in [0.717, 1.165) is 16.8 Å². The molecule has 0 N–H and O–H groups in total. The van der Waals surface area contributed by atoms with Crippen molar-refractivity contribution in [1.29, 1.82) is 0 Å². The van der Waals surface area contributed by atoms with Gasteiger partial charge in [-0.3, -0.25) is 4.79 Å². The van der Waals surface area contributed by atoms with Crippen molar-refractivity contribution in [2.75, 3.05) is 20.3 Å². The molecule has 0 bridgehead atoms. The molecule has 0 saturated heterocycles. The average Bonchev–Trinajstić information content (AvgIpc) is 3.23. The summed E-state index contributed by atoms with van der Waals surface area (Å²) in [7, 11) is 1.57. The summed E-state index contributed by atoms with van der Waals surface area (Å²) in [5.74, 6) is 0.00491. The molecule has 0 atom stereocenters. The van der Waals surface area contributed by atoms with Crippen molar-refractivity contribution in [3.63, 3.8) is 0 Å². The second-order valence-electron chi connectivity index (χ2n) is 8.62. The number of hydrogen-bond donors (Lipinski definition) is 0. The number of carbonyl (C=O) groups is 1. The van der Waals surface area contributed by atoms with E-state index < -0.39 is 5.82 Å². The number of ether oxygens (including phenoxy) is 2. The topological polar surface area (TPSA) is 56.6 Å². The lowest BCUT2D eigenvalue weighted by atomic mass is 10.1. The summed E-state index contributed by atoms with van der Waals surface area (Å²) < 4.78 is 40.4. The highest BCUT2D eigenvalue weighted by Gasteiger charge is 2.25. The number of halogens is 2. The van der Waals surface area contributed by atoms with Crippen LogP contribution in [0.5, 0.6) is 11.6 Å². The maximum absolute atomic E-state index is 13.7. The van der Waals surface area contributed by atoms with Crippen molar-refractivity contribution in [3.05, 3.63) is 107 Å². The zero-order chi connectivity index (χ0) is 26.4. The van der Waals surface area contributed by atoms with Crippen LogP contribution in [0.4, 0.5) is 8.78 Å². The monoisotopic (exact) mass is 505 g/mol. The number of benzene rings is 3. The highest BCUT2D eigenvalue weighted by atomic mass is 19.1. The first-order valence-electron chi connectivity index (χ1n) is 12.0. The van der Waals surface area contributed by atoms with Gasteiger partial charge in [-0.25, -0.2) is 13.5 Å². The Kier molecular flexibility index (Phi) is 8.30. The molecule has 4 rings (SSSR count). The van der Waals surface area contributed by atoms with Gasteiger partial charge in [0.25, 0.3) is 5.91 Å². The van der Waals surface area contributed by atoms with Gasteiger partial charge in [0.05, 0.1) is 30.1 Å². The van der Waals surface area contributed by atoms with Gasteiger partial charge >= 0.3 is 0 Å². The molecular weight excluding hydrogens is 476 g/mol. The molecule has 0 aliphatic carbocycles. The third-order valence-corrected chi connectivity index (χ3v) is 5.92. The summed E-state index contributed by atoms with van der Waals surface area (Å²) >= 11 is 0. The van der Waals surface area contributed by atoms with Gasteiger partial charge in [0, 0.05) is 19.2 Å². The molecule has 0 aliphatic rings. The van der Waals surface area contributed by atoms with E-state index in [-0.39, 0.29) is 18.3 Å².